The number of esters is 1. The predicted octanol–water partition coefficient (Wildman–Crippen LogP) is 1.77. The van der Waals surface area contributed by atoms with Crippen LogP contribution in [-0.2, 0) is 14.3 Å². The Morgan fingerprint density at radius 1 is 1.56 bits per heavy atom. The number of carbonyl (C=O) groups excluding carboxylic acids is 2. The number of nitrogens with one attached hydrogen (secondary N) is 1. The number of unbranched alkanes of at least 4 members (excludes halogenated alkanes) is 1. The molecule has 2 heterocycles. The van der Waals surface area contributed by atoms with Crippen LogP contribution in [0.25, 0.3) is 0 Å². The first-order valence-corrected chi connectivity index (χ1v) is 7.06. The number of fused-ring (bicyclic) bond motifs is 1. The van der Waals surface area contributed by atoms with Crippen LogP contribution < -0.4 is 5.32 Å². The highest BCUT2D eigenvalue weighted by atomic mass is 32.2. The average molecular weight is 267 g/mol. The molecule has 2 unspecified atom stereocenters. The molecule has 0 saturated heterocycles. The summed E-state index contributed by atoms with van der Waals surface area (Å²) in [6, 6.07) is -0.230. The van der Waals surface area contributed by atoms with Crippen LogP contribution in [-0.4, -0.2) is 30.3 Å². The lowest BCUT2D eigenvalue weighted by molar-refractivity contribution is -0.136. The molecule has 0 radical (unpaired) electrons. The van der Waals surface area contributed by atoms with Crippen molar-refractivity contribution < 1.29 is 14.3 Å². The first kappa shape index (κ1) is 13.2. The Labute approximate surface area is 111 Å². The summed E-state index contributed by atoms with van der Waals surface area (Å²) in [5.41, 5.74) is 1.69. The van der Waals surface area contributed by atoms with Gasteiger partial charge in [-0.1, -0.05) is 13.3 Å². The van der Waals surface area contributed by atoms with Crippen molar-refractivity contribution in [1.82, 2.24) is 5.32 Å². The molecule has 0 fully saturated rings. The van der Waals surface area contributed by atoms with E-state index in [2.05, 4.69) is 12.2 Å². The first-order chi connectivity index (χ1) is 8.67. The lowest BCUT2D eigenvalue weighted by Gasteiger charge is -2.28. The van der Waals surface area contributed by atoms with Gasteiger partial charge >= 0.3 is 5.97 Å². The molecule has 0 aromatic heterocycles. The Hall–Kier alpha value is -1.23. The minimum atomic E-state index is -0.355. The zero-order chi connectivity index (χ0) is 13.1. The topological polar surface area (TPSA) is 55.4 Å². The molecule has 2 aliphatic heterocycles. The van der Waals surface area contributed by atoms with Gasteiger partial charge in [-0.15, -0.1) is 11.8 Å². The van der Waals surface area contributed by atoms with Gasteiger partial charge in [0.2, 0.25) is 5.91 Å². The largest absolute Gasteiger partial charge is 0.466 e. The van der Waals surface area contributed by atoms with Gasteiger partial charge in [0, 0.05) is 6.08 Å². The summed E-state index contributed by atoms with van der Waals surface area (Å²) in [5.74, 6) is -0.466. The summed E-state index contributed by atoms with van der Waals surface area (Å²) in [6.07, 6.45) is 4.76. The predicted molar refractivity (Wildman–Crippen MR) is 71.0 cm³/mol. The maximum atomic E-state index is 11.7. The molecule has 0 spiro atoms. The molecule has 2 atom stereocenters. The van der Waals surface area contributed by atoms with Crippen molar-refractivity contribution in [3.05, 3.63) is 22.6 Å². The van der Waals surface area contributed by atoms with E-state index < -0.39 is 0 Å². The van der Waals surface area contributed by atoms with Crippen LogP contribution in [0.2, 0.25) is 0 Å². The lowest BCUT2D eigenvalue weighted by atomic mass is 9.93. The van der Waals surface area contributed by atoms with Gasteiger partial charge in [0.1, 0.15) is 0 Å². The van der Waals surface area contributed by atoms with Gasteiger partial charge in [-0.2, -0.15) is 0 Å². The van der Waals surface area contributed by atoms with Gasteiger partial charge < -0.3 is 10.1 Å². The smallest absolute Gasteiger partial charge is 0.336 e. The summed E-state index contributed by atoms with van der Waals surface area (Å²) < 4.78 is 4.74. The summed E-state index contributed by atoms with van der Waals surface area (Å²) in [5, 5.41) is 4.81. The van der Waals surface area contributed by atoms with Gasteiger partial charge in [-0.25, -0.2) is 4.79 Å². The minimum absolute atomic E-state index is 0.111. The number of methoxy groups -OCH3 is 1. The van der Waals surface area contributed by atoms with E-state index >= 15 is 0 Å². The molecule has 0 aromatic carbocycles. The standard InChI is InChI=1S/C13H17NO3S/c1-3-4-5-8-6-10(15)14-11-9(13(16)17-2)7-18-12(8)11/h6-7,11-12H,3-5H2,1-2H3,(H,14,15). The second-order valence-electron chi connectivity index (χ2n) is 4.43. The van der Waals surface area contributed by atoms with Crippen molar-refractivity contribution in [1.29, 1.82) is 0 Å². The Bertz CT molecular complexity index is 428. The fourth-order valence-electron chi connectivity index (χ4n) is 2.25. The minimum Gasteiger partial charge on any atom is -0.466 e. The maximum absolute atomic E-state index is 11.7. The molecule has 98 valence electrons. The molecule has 0 saturated carbocycles. The molecule has 0 aromatic rings. The molecule has 0 aliphatic carbocycles. The highest BCUT2D eigenvalue weighted by Gasteiger charge is 2.40. The van der Waals surface area contributed by atoms with Crippen molar-refractivity contribution in [2.75, 3.05) is 7.11 Å². The number of ether oxygens (including phenoxy) is 1. The van der Waals surface area contributed by atoms with E-state index in [4.69, 9.17) is 4.74 Å². The molecule has 0 bridgehead atoms. The van der Waals surface area contributed by atoms with Crippen molar-refractivity contribution in [3.63, 3.8) is 0 Å². The Morgan fingerprint density at radius 3 is 3.00 bits per heavy atom. The van der Waals surface area contributed by atoms with E-state index in [9.17, 15) is 9.59 Å². The van der Waals surface area contributed by atoms with Crippen LogP contribution in [0.4, 0.5) is 0 Å². The highest BCUT2D eigenvalue weighted by Crippen LogP contribution is 2.39. The zero-order valence-corrected chi connectivity index (χ0v) is 11.4. The van der Waals surface area contributed by atoms with Crippen LogP contribution in [0.3, 0.4) is 0 Å². The summed E-state index contributed by atoms with van der Waals surface area (Å²) in [7, 11) is 1.36. The van der Waals surface area contributed by atoms with Crippen LogP contribution in [0, 0.1) is 0 Å². The Morgan fingerprint density at radius 2 is 2.33 bits per heavy atom. The van der Waals surface area contributed by atoms with Crippen molar-refractivity contribution >= 4 is 23.6 Å². The molecular formula is C13H17NO3S. The fourth-order valence-corrected chi connectivity index (χ4v) is 3.52. The third kappa shape index (κ3) is 2.46. The number of hydrogen-bond donors (Lipinski definition) is 1. The second-order valence-corrected chi connectivity index (χ2v) is 5.45. The van der Waals surface area contributed by atoms with Gasteiger partial charge in [0.05, 0.1) is 24.0 Å². The summed E-state index contributed by atoms with van der Waals surface area (Å²) in [4.78, 5) is 23.3. The number of amides is 1. The molecule has 1 amide bonds. The van der Waals surface area contributed by atoms with Crippen molar-refractivity contribution in [3.8, 4) is 0 Å². The van der Waals surface area contributed by atoms with E-state index in [0.717, 1.165) is 24.8 Å². The SMILES string of the molecule is CCCCC1=CC(=O)NC2C(C(=O)OC)=CSC12. The van der Waals surface area contributed by atoms with Crippen LogP contribution in [0.5, 0.6) is 0 Å². The van der Waals surface area contributed by atoms with Gasteiger partial charge in [-0.3, -0.25) is 4.79 Å². The highest BCUT2D eigenvalue weighted by molar-refractivity contribution is 8.03. The third-order valence-corrected chi connectivity index (χ3v) is 4.46. The average Bonchev–Trinajstić information content (AvgIpc) is 2.78. The number of hydrogen-bond acceptors (Lipinski definition) is 4. The van der Waals surface area contributed by atoms with E-state index in [1.807, 2.05) is 5.41 Å². The molecule has 1 N–H and O–H groups in total. The summed E-state index contributed by atoms with van der Waals surface area (Å²) >= 11 is 1.59. The maximum Gasteiger partial charge on any atom is 0.336 e. The van der Waals surface area contributed by atoms with Gasteiger partial charge in [0.15, 0.2) is 0 Å². The number of carbonyl (C=O) groups is 2. The van der Waals surface area contributed by atoms with Gasteiger partial charge in [0.25, 0.3) is 0 Å². The van der Waals surface area contributed by atoms with E-state index in [1.165, 1.54) is 7.11 Å². The van der Waals surface area contributed by atoms with Crippen molar-refractivity contribution in [2.24, 2.45) is 0 Å². The van der Waals surface area contributed by atoms with Crippen LogP contribution in [0.15, 0.2) is 22.6 Å². The number of rotatable bonds is 4. The van der Waals surface area contributed by atoms with Crippen LogP contribution >= 0.6 is 11.8 Å². The molecular weight excluding hydrogens is 250 g/mol. The van der Waals surface area contributed by atoms with E-state index in [1.54, 1.807) is 17.8 Å². The molecule has 4 nitrogen and oxygen atoms in total. The zero-order valence-electron chi connectivity index (χ0n) is 10.6. The molecule has 5 heteroatoms. The van der Waals surface area contributed by atoms with Crippen LogP contribution in [0.1, 0.15) is 26.2 Å². The Balaban J connectivity index is 2.16. The quantitative estimate of drug-likeness (QED) is 0.789. The number of thioether (sulfide) groups is 1. The second kappa shape index (κ2) is 5.61. The van der Waals surface area contributed by atoms with E-state index in [0.29, 0.717) is 5.57 Å². The third-order valence-electron chi connectivity index (χ3n) is 3.20. The summed E-state index contributed by atoms with van der Waals surface area (Å²) in [6.45, 7) is 2.13. The fraction of sp³-hybridized carbons (Fsp3) is 0.538. The van der Waals surface area contributed by atoms with E-state index in [-0.39, 0.29) is 23.2 Å². The first-order valence-electron chi connectivity index (χ1n) is 6.12. The monoisotopic (exact) mass is 267 g/mol. The normalized spacial score (nSPS) is 26.0. The molecule has 2 aliphatic rings. The Kier molecular flexibility index (Phi) is 4.11. The molecule has 18 heavy (non-hydrogen) atoms. The van der Waals surface area contributed by atoms with Gasteiger partial charge in [-0.05, 0) is 23.8 Å². The van der Waals surface area contributed by atoms with Crippen molar-refractivity contribution in [2.45, 2.75) is 37.5 Å². The lowest BCUT2D eigenvalue weighted by Crippen LogP contribution is -2.46. The molecule has 2 rings (SSSR count).